The van der Waals surface area contributed by atoms with Crippen molar-refractivity contribution >= 4 is 21.4 Å². The molecule has 3 N–H and O–H groups in total. The number of sulfonamides is 1. The highest BCUT2D eigenvalue weighted by Gasteiger charge is 2.20. The van der Waals surface area contributed by atoms with E-state index in [9.17, 15) is 8.42 Å². The first-order valence-electron chi connectivity index (χ1n) is 5.78. The average molecular weight is 276 g/mol. The molecule has 1 atom stereocenters. The van der Waals surface area contributed by atoms with Gasteiger partial charge in [-0.3, -0.25) is 0 Å². The molecule has 0 bridgehead atoms. The molecular weight excluding hydrogens is 256 g/mol. The minimum Gasteiger partial charge on any atom is -0.329 e. The zero-order valence-corrected chi connectivity index (χ0v) is 11.9. The first-order valence-corrected chi connectivity index (χ1v) is 8.08. The Morgan fingerprint density at radius 2 is 2.18 bits per heavy atom. The van der Waals surface area contributed by atoms with Crippen LogP contribution in [0.25, 0.3) is 0 Å². The first kappa shape index (κ1) is 14.6. The largest absolute Gasteiger partial charge is 0.329 e. The Labute approximate surface area is 107 Å². The SMILES string of the molecule is CCCCC(CN)NS(=O)(=O)c1ccc(C)s1. The van der Waals surface area contributed by atoms with Gasteiger partial charge in [-0.1, -0.05) is 19.8 Å². The van der Waals surface area contributed by atoms with E-state index in [1.807, 2.05) is 13.0 Å². The summed E-state index contributed by atoms with van der Waals surface area (Å²) in [7, 11) is -3.39. The van der Waals surface area contributed by atoms with Gasteiger partial charge in [0.25, 0.3) is 0 Å². The topological polar surface area (TPSA) is 72.2 Å². The standard InChI is InChI=1S/C11H20N2O2S2/c1-3-4-5-10(8-12)13-17(14,15)11-7-6-9(2)16-11/h6-7,10,13H,3-5,8,12H2,1-2H3. The van der Waals surface area contributed by atoms with Gasteiger partial charge >= 0.3 is 0 Å². The van der Waals surface area contributed by atoms with Crippen molar-refractivity contribution in [2.75, 3.05) is 6.54 Å². The quantitative estimate of drug-likeness (QED) is 0.798. The maximum absolute atomic E-state index is 12.0. The summed E-state index contributed by atoms with van der Waals surface area (Å²) in [6.45, 7) is 4.30. The summed E-state index contributed by atoms with van der Waals surface area (Å²) < 4.78 is 27.1. The van der Waals surface area contributed by atoms with Crippen molar-refractivity contribution in [3.05, 3.63) is 17.0 Å². The van der Waals surface area contributed by atoms with E-state index in [0.29, 0.717) is 10.8 Å². The van der Waals surface area contributed by atoms with Crippen molar-refractivity contribution in [3.63, 3.8) is 0 Å². The Hall–Kier alpha value is -0.430. The Balaban J connectivity index is 2.71. The molecule has 0 aliphatic heterocycles. The molecule has 17 heavy (non-hydrogen) atoms. The molecule has 4 nitrogen and oxygen atoms in total. The number of aryl methyl sites for hydroxylation is 1. The van der Waals surface area contributed by atoms with Crippen LogP contribution in [0.5, 0.6) is 0 Å². The Bertz CT molecular complexity index is 440. The second-order valence-electron chi connectivity index (χ2n) is 4.06. The van der Waals surface area contributed by atoms with E-state index in [4.69, 9.17) is 5.73 Å². The third-order valence-electron chi connectivity index (χ3n) is 2.49. The zero-order chi connectivity index (χ0) is 12.9. The number of thiophene rings is 1. The molecular formula is C11H20N2O2S2. The lowest BCUT2D eigenvalue weighted by molar-refractivity contribution is 0.517. The van der Waals surface area contributed by atoms with Gasteiger partial charge in [0.2, 0.25) is 10.0 Å². The molecule has 0 radical (unpaired) electrons. The number of nitrogens with two attached hydrogens (primary N) is 1. The van der Waals surface area contributed by atoms with Gasteiger partial charge in [-0.2, -0.15) is 0 Å². The van der Waals surface area contributed by atoms with Crippen LogP contribution in [-0.4, -0.2) is 21.0 Å². The third-order valence-corrected chi connectivity index (χ3v) is 5.51. The molecule has 6 heteroatoms. The van der Waals surface area contributed by atoms with Crippen LogP contribution in [-0.2, 0) is 10.0 Å². The summed E-state index contributed by atoms with van der Waals surface area (Å²) in [5.74, 6) is 0. The highest BCUT2D eigenvalue weighted by molar-refractivity contribution is 7.91. The Morgan fingerprint density at radius 3 is 2.65 bits per heavy atom. The molecule has 0 spiro atoms. The van der Waals surface area contributed by atoms with E-state index >= 15 is 0 Å². The minimum atomic E-state index is -3.39. The number of unbranched alkanes of at least 4 members (excludes halogenated alkanes) is 1. The fourth-order valence-corrected chi connectivity index (χ4v) is 4.09. The molecule has 98 valence electrons. The van der Waals surface area contributed by atoms with Crippen molar-refractivity contribution < 1.29 is 8.42 Å². The van der Waals surface area contributed by atoms with Gasteiger partial charge in [-0.15, -0.1) is 11.3 Å². The van der Waals surface area contributed by atoms with Gasteiger partial charge in [0, 0.05) is 17.5 Å². The summed E-state index contributed by atoms with van der Waals surface area (Å²) in [5, 5.41) is 0. The molecule has 0 aliphatic rings. The molecule has 0 fully saturated rings. The molecule has 0 aliphatic carbocycles. The molecule has 0 aromatic carbocycles. The molecule has 0 saturated heterocycles. The fraction of sp³-hybridized carbons (Fsp3) is 0.636. The molecule has 1 unspecified atom stereocenters. The predicted molar refractivity (Wildman–Crippen MR) is 71.7 cm³/mol. The van der Waals surface area contributed by atoms with Crippen LogP contribution < -0.4 is 10.5 Å². The molecule has 0 saturated carbocycles. The van der Waals surface area contributed by atoms with Crippen molar-refractivity contribution in [1.82, 2.24) is 4.72 Å². The second-order valence-corrected chi connectivity index (χ2v) is 7.29. The highest BCUT2D eigenvalue weighted by atomic mass is 32.2. The lowest BCUT2D eigenvalue weighted by Gasteiger charge is -2.15. The summed E-state index contributed by atoms with van der Waals surface area (Å²) in [6, 6.07) is 3.28. The van der Waals surface area contributed by atoms with Gasteiger partial charge in [0.05, 0.1) is 0 Å². The smallest absolute Gasteiger partial charge is 0.250 e. The number of nitrogens with one attached hydrogen (secondary N) is 1. The lowest BCUT2D eigenvalue weighted by Crippen LogP contribution is -2.39. The summed E-state index contributed by atoms with van der Waals surface area (Å²) in [6.07, 6.45) is 2.81. The van der Waals surface area contributed by atoms with Crippen molar-refractivity contribution in [1.29, 1.82) is 0 Å². The van der Waals surface area contributed by atoms with Crippen LogP contribution in [0.1, 0.15) is 31.1 Å². The summed E-state index contributed by atoms with van der Waals surface area (Å²) in [4.78, 5) is 0.989. The second kappa shape index (κ2) is 6.49. The van der Waals surface area contributed by atoms with Crippen molar-refractivity contribution in [2.45, 2.75) is 43.4 Å². The number of hydrogen-bond donors (Lipinski definition) is 2. The van der Waals surface area contributed by atoms with Crippen molar-refractivity contribution in [3.8, 4) is 0 Å². The van der Waals surface area contributed by atoms with Gasteiger partial charge in [0.15, 0.2) is 0 Å². The maximum Gasteiger partial charge on any atom is 0.250 e. The number of rotatable bonds is 7. The van der Waals surface area contributed by atoms with E-state index in [0.717, 1.165) is 24.1 Å². The molecule has 1 heterocycles. The van der Waals surface area contributed by atoms with Crippen LogP contribution in [0.3, 0.4) is 0 Å². The highest BCUT2D eigenvalue weighted by Crippen LogP contribution is 2.20. The summed E-state index contributed by atoms with van der Waals surface area (Å²) in [5.41, 5.74) is 5.58. The van der Waals surface area contributed by atoms with E-state index in [2.05, 4.69) is 11.6 Å². The molecule has 1 aromatic heterocycles. The Morgan fingerprint density at radius 1 is 1.47 bits per heavy atom. The number of hydrogen-bond acceptors (Lipinski definition) is 4. The monoisotopic (exact) mass is 276 g/mol. The van der Waals surface area contributed by atoms with E-state index in [-0.39, 0.29) is 6.04 Å². The zero-order valence-electron chi connectivity index (χ0n) is 10.3. The van der Waals surface area contributed by atoms with E-state index in [1.54, 1.807) is 6.07 Å². The van der Waals surface area contributed by atoms with Crippen molar-refractivity contribution in [2.24, 2.45) is 5.73 Å². The van der Waals surface area contributed by atoms with Crippen LogP contribution in [0.4, 0.5) is 0 Å². The molecule has 1 rings (SSSR count). The van der Waals surface area contributed by atoms with E-state index < -0.39 is 10.0 Å². The van der Waals surface area contributed by atoms with Crippen LogP contribution in [0, 0.1) is 6.92 Å². The maximum atomic E-state index is 12.0. The average Bonchev–Trinajstić information content (AvgIpc) is 2.71. The lowest BCUT2D eigenvalue weighted by atomic mass is 10.1. The Kier molecular flexibility index (Phi) is 5.58. The molecule has 0 amide bonds. The van der Waals surface area contributed by atoms with Crippen LogP contribution >= 0.6 is 11.3 Å². The normalized spacial score (nSPS) is 13.8. The van der Waals surface area contributed by atoms with Crippen LogP contribution in [0.2, 0.25) is 0 Å². The summed E-state index contributed by atoms with van der Waals surface area (Å²) >= 11 is 1.28. The van der Waals surface area contributed by atoms with E-state index in [1.165, 1.54) is 11.3 Å². The third kappa shape index (κ3) is 4.39. The fourth-order valence-electron chi connectivity index (χ4n) is 1.51. The van der Waals surface area contributed by atoms with Crippen LogP contribution in [0.15, 0.2) is 16.3 Å². The van der Waals surface area contributed by atoms with Gasteiger partial charge in [-0.05, 0) is 25.5 Å². The minimum absolute atomic E-state index is 0.164. The van der Waals surface area contributed by atoms with Gasteiger partial charge < -0.3 is 5.73 Å². The first-order chi connectivity index (χ1) is 7.99. The predicted octanol–water partition coefficient (Wildman–Crippen LogP) is 1.85. The van der Waals surface area contributed by atoms with Gasteiger partial charge in [0.1, 0.15) is 4.21 Å². The molecule has 1 aromatic rings. The van der Waals surface area contributed by atoms with Gasteiger partial charge in [-0.25, -0.2) is 13.1 Å².